The van der Waals surface area contributed by atoms with Crippen LogP contribution in [0.15, 0.2) is 18.2 Å². The number of hydrogen-bond donors (Lipinski definition) is 3. The summed E-state index contributed by atoms with van der Waals surface area (Å²) in [6.45, 7) is 7.64. The van der Waals surface area contributed by atoms with Crippen molar-refractivity contribution in [2.45, 2.75) is 46.7 Å². The Morgan fingerprint density at radius 1 is 1.17 bits per heavy atom. The Morgan fingerprint density at radius 3 is 2.48 bits per heavy atom. The van der Waals surface area contributed by atoms with Crippen LogP contribution in [0, 0.1) is 17.8 Å². The molecule has 1 atom stereocenters. The van der Waals surface area contributed by atoms with Crippen LogP contribution in [0.4, 0.5) is 0 Å². The number of carbonyl (C=O) groups excluding carboxylic acids is 1. The average Bonchev–Trinajstić information content (AvgIpc) is 2.69. The first-order chi connectivity index (χ1) is 13.7. The van der Waals surface area contributed by atoms with Crippen LogP contribution in [0.5, 0.6) is 11.5 Å². The molecule has 9 heteroatoms. The molecule has 1 aromatic rings. The van der Waals surface area contributed by atoms with Gasteiger partial charge in [0.1, 0.15) is 12.6 Å². The van der Waals surface area contributed by atoms with E-state index in [1.54, 1.807) is 33.1 Å². The van der Waals surface area contributed by atoms with Gasteiger partial charge in [-0.3, -0.25) is 10.2 Å². The van der Waals surface area contributed by atoms with Crippen molar-refractivity contribution >= 4 is 15.9 Å². The van der Waals surface area contributed by atoms with Crippen LogP contribution in [0.25, 0.3) is 0 Å². The van der Waals surface area contributed by atoms with Crippen LogP contribution in [0.1, 0.15) is 39.7 Å². The van der Waals surface area contributed by atoms with Crippen LogP contribution in [0.2, 0.25) is 0 Å². The van der Waals surface area contributed by atoms with Crippen molar-refractivity contribution in [1.29, 1.82) is 0 Å². The number of carbonyl (C=O) groups is 1. The van der Waals surface area contributed by atoms with E-state index in [-0.39, 0.29) is 18.3 Å². The number of methoxy groups -OCH3 is 1. The maximum Gasteiger partial charge on any atom is 0.252 e. The number of hydrazine groups is 1. The third kappa shape index (κ3) is 8.73. The van der Waals surface area contributed by atoms with Crippen molar-refractivity contribution < 1.29 is 22.7 Å². The molecule has 1 unspecified atom stereocenters. The number of sulfonamides is 1. The Labute approximate surface area is 173 Å². The van der Waals surface area contributed by atoms with E-state index in [4.69, 9.17) is 9.47 Å². The topological polar surface area (TPSA) is 106 Å². The van der Waals surface area contributed by atoms with Crippen molar-refractivity contribution in [3.63, 3.8) is 0 Å². The molecule has 0 aliphatic carbocycles. The van der Waals surface area contributed by atoms with E-state index in [1.807, 2.05) is 13.0 Å². The zero-order valence-electron chi connectivity index (χ0n) is 17.7. The summed E-state index contributed by atoms with van der Waals surface area (Å²) in [5.74, 6) is 6.24. The van der Waals surface area contributed by atoms with E-state index < -0.39 is 22.0 Å². The quantitative estimate of drug-likeness (QED) is 0.367. The summed E-state index contributed by atoms with van der Waals surface area (Å²) >= 11 is 0. The van der Waals surface area contributed by atoms with Gasteiger partial charge in [-0.25, -0.2) is 18.6 Å². The second-order valence-electron chi connectivity index (χ2n) is 6.57. The van der Waals surface area contributed by atoms with E-state index in [0.29, 0.717) is 18.0 Å². The maximum absolute atomic E-state index is 12.4. The van der Waals surface area contributed by atoms with Crippen molar-refractivity contribution in [3.8, 4) is 23.3 Å². The number of benzene rings is 1. The molecule has 8 nitrogen and oxygen atoms in total. The third-order valence-electron chi connectivity index (χ3n) is 3.97. The van der Waals surface area contributed by atoms with Crippen LogP contribution in [0.3, 0.4) is 0 Å². The summed E-state index contributed by atoms with van der Waals surface area (Å²) in [7, 11) is -1.94. The Hall–Kier alpha value is -2.28. The van der Waals surface area contributed by atoms with Gasteiger partial charge in [0.2, 0.25) is 10.0 Å². The molecule has 0 spiro atoms. The van der Waals surface area contributed by atoms with Gasteiger partial charge >= 0.3 is 0 Å². The summed E-state index contributed by atoms with van der Waals surface area (Å²) in [6, 6.07) is 4.55. The highest BCUT2D eigenvalue weighted by Gasteiger charge is 2.26. The summed E-state index contributed by atoms with van der Waals surface area (Å²) < 4.78 is 36.9. The fourth-order valence-electron chi connectivity index (χ4n) is 2.31. The lowest BCUT2D eigenvalue weighted by Crippen LogP contribution is -2.53. The normalized spacial score (nSPS) is 12.1. The molecule has 0 saturated carbocycles. The molecule has 3 N–H and O–H groups in total. The van der Waals surface area contributed by atoms with E-state index in [1.165, 1.54) is 6.92 Å². The second kappa shape index (κ2) is 12.3. The molecule has 0 aromatic heterocycles. The molecule has 162 valence electrons. The fraction of sp³-hybridized carbons (Fsp3) is 0.550. The second-order valence-corrected chi connectivity index (χ2v) is 8.61. The van der Waals surface area contributed by atoms with Crippen molar-refractivity contribution in [2.75, 3.05) is 19.5 Å². The molecule has 1 rings (SSSR count). The van der Waals surface area contributed by atoms with Crippen molar-refractivity contribution in [3.05, 3.63) is 23.8 Å². The maximum atomic E-state index is 12.4. The smallest absolute Gasteiger partial charge is 0.252 e. The zero-order chi connectivity index (χ0) is 21.9. The van der Waals surface area contributed by atoms with Crippen LogP contribution in [-0.2, 0) is 21.4 Å². The Bertz CT molecular complexity index is 828. The van der Waals surface area contributed by atoms with Crippen molar-refractivity contribution in [2.24, 2.45) is 5.92 Å². The first-order valence-corrected chi connectivity index (χ1v) is 11.2. The molecule has 0 aliphatic rings. The summed E-state index contributed by atoms with van der Waals surface area (Å²) in [5.41, 5.74) is 6.22. The van der Waals surface area contributed by atoms with Crippen LogP contribution >= 0.6 is 0 Å². The standard InChI is InChI=1S/C20H31N3O5S/c1-6-8-9-12-28-17-11-10-16(13-18(17)27-5)14-21-22-20(24)19(15(3)4)23-29(25,26)7-2/h10-11,13,15,19,21,23H,6-7,12,14H2,1-5H3,(H,22,24). The highest BCUT2D eigenvalue weighted by atomic mass is 32.2. The van der Waals surface area contributed by atoms with Crippen molar-refractivity contribution in [1.82, 2.24) is 15.6 Å². The number of nitrogens with one attached hydrogen (secondary N) is 3. The minimum absolute atomic E-state index is 0.0881. The van der Waals surface area contributed by atoms with Crippen LogP contribution in [-0.4, -0.2) is 39.8 Å². The molecule has 0 heterocycles. The van der Waals surface area contributed by atoms with Crippen LogP contribution < -0.4 is 25.0 Å². The number of hydrogen-bond acceptors (Lipinski definition) is 6. The molecule has 1 amide bonds. The predicted octanol–water partition coefficient (Wildman–Crippen LogP) is 1.57. The summed E-state index contributed by atoms with van der Waals surface area (Å²) in [5, 5.41) is 0. The summed E-state index contributed by atoms with van der Waals surface area (Å²) in [6.07, 6.45) is 0.772. The molecule has 0 bridgehead atoms. The highest BCUT2D eigenvalue weighted by molar-refractivity contribution is 7.89. The molecule has 0 radical (unpaired) electrons. The minimum atomic E-state index is -3.49. The van der Waals surface area contributed by atoms with Gasteiger partial charge in [-0.1, -0.05) is 32.8 Å². The Morgan fingerprint density at radius 2 is 1.90 bits per heavy atom. The fourth-order valence-corrected chi connectivity index (χ4v) is 3.24. The lowest BCUT2D eigenvalue weighted by molar-refractivity contribution is -0.124. The molecule has 1 aromatic carbocycles. The summed E-state index contributed by atoms with van der Waals surface area (Å²) in [4.78, 5) is 12.4. The van der Waals surface area contributed by atoms with E-state index in [0.717, 1.165) is 12.0 Å². The Balaban J connectivity index is 2.66. The van der Waals surface area contributed by atoms with Gasteiger partial charge in [-0.05, 0) is 30.5 Å². The van der Waals surface area contributed by atoms with E-state index >= 15 is 0 Å². The first kappa shape index (κ1) is 24.8. The highest BCUT2D eigenvalue weighted by Crippen LogP contribution is 2.27. The van der Waals surface area contributed by atoms with Gasteiger partial charge in [0, 0.05) is 13.0 Å². The van der Waals surface area contributed by atoms with Gasteiger partial charge in [-0.15, -0.1) is 5.92 Å². The van der Waals surface area contributed by atoms with Gasteiger partial charge < -0.3 is 9.47 Å². The monoisotopic (exact) mass is 425 g/mol. The molecular formula is C20H31N3O5S. The van der Waals surface area contributed by atoms with Gasteiger partial charge in [0.25, 0.3) is 5.91 Å². The number of rotatable bonds is 11. The Kier molecular flexibility index (Phi) is 10.5. The molecule has 0 fully saturated rings. The van der Waals surface area contributed by atoms with Gasteiger partial charge in [-0.2, -0.15) is 0 Å². The lowest BCUT2D eigenvalue weighted by atomic mass is 10.1. The number of ether oxygens (including phenoxy) is 2. The lowest BCUT2D eigenvalue weighted by Gasteiger charge is -2.21. The van der Waals surface area contributed by atoms with E-state index in [2.05, 4.69) is 27.4 Å². The average molecular weight is 426 g/mol. The molecule has 29 heavy (non-hydrogen) atoms. The van der Waals surface area contributed by atoms with Gasteiger partial charge in [0.05, 0.1) is 12.9 Å². The minimum Gasteiger partial charge on any atom is -0.493 e. The van der Waals surface area contributed by atoms with E-state index in [9.17, 15) is 13.2 Å². The third-order valence-corrected chi connectivity index (χ3v) is 5.34. The molecule has 0 aliphatic heterocycles. The number of amides is 1. The molecular weight excluding hydrogens is 394 g/mol. The zero-order valence-corrected chi connectivity index (χ0v) is 18.5. The molecule has 0 saturated heterocycles. The largest absolute Gasteiger partial charge is 0.493 e. The predicted molar refractivity (Wildman–Crippen MR) is 113 cm³/mol. The first-order valence-electron chi connectivity index (χ1n) is 9.52. The SMILES string of the molecule is CCC#CCOc1ccc(CNNC(=O)C(NS(=O)(=O)CC)C(C)C)cc1OC. The van der Waals surface area contributed by atoms with Gasteiger partial charge in [0.15, 0.2) is 11.5 Å².